The number of rotatable bonds is 2. The molecule has 1 fully saturated rings. The van der Waals surface area contributed by atoms with E-state index in [9.17, 15) is 0 Å². The molecule has 0 amide bonds. The van der Waals surface area contributed by atoms with Gasteiger partial charge in [0.1, 0.15) is 12.4 Å². The van der Waals surface area contributed by atoms with Crippen LogP contribution in [0.4, 0.5) is 5.69 Å². The van der Waals surface area contributed by atoms with Crippen molar-refractivity contribution in [2.75, 3.05) is 12.3 Å². The molecule has 1 aliphatic heterocycles. The number of nitrogen functional groups attached to an aromatic ring is 1. The van der Waals surface area contributed by atoms with Gasteiger partial charge >= 0.3 is 0 Å². The molecule has 0 saturated heterocycles. The Bertz CT molecular complexity index is 399. The van der Waals surface area contributed by atoms with E-state index in [1.165, 1.54) is 31.2 Å². The van der Waals surface area contributed by atoms with Crippen molar-refractivity contribution in [1.82, 2.24) is 5.32 Å². The molecule has 1 aromatic rings. The van der Waals surface area contributed by atoms with E-state index in [4.69, 9.17) is 10.5 Å². The van der Waals surface area contributed by atoms with E-state index < -0.39 is 0 Å². The van der Waals surface area contributed by atoms with E-state index in [0.717, 1.165) is 24.5 Å². The summed E-state index contributed by atoms with van der Waals surface area (Å²) in [4.78, 5) is 0. The number of hydrogen-bond donors (Lipinski definition) is 2. The molecule has 1 saturated carbocycles. The Morgan fingerprint density at radius 2 is 2.00 bits per heavy atom. The van der Waals surface area contributed by atoms with Crippen LogP contribution in [-0.2, 0) is 6.42 Å². The topological polar surface area (TPSA) is 47.3 Å². The van der Waals surface area contributed by atoms with Gasteiger partial charge in [0.05, 0.1) is 0 Å². The average Bonchev–Trinajstić information content (AvgIpc) is 2.83. The van der Waals surface area contributed by atoms with Gasteiger partial charge in [-0.25, -0.2) is 0 Å². The summed E-state index contributed by atoms with van der Waals surface area (Å²) < 4.78 is 5.78. The predicted molar refractivity (Wildman–Crippen MR) is 69.2 cm³/mol. The second kappa shape index (κ2) is 4.57. The minimum absolute atomic E-state index is 0.426. The third-order valence-electron chi connectivity index (χ3n) is 3.89. The zero-order valence-electron chi connectivity index (χ0n) is 10.1. The Morgan fingerprint density at radius 1 is 1.18 bits per heavy atom. The second-order valence-corrected chi connectivity index (χ2v) is 5.18. The molecule has 1 aliphatic carbocycles. The highest BCUT2D eigenvalue weighted by atomic mass is 16.5. The van der Waals surface area contributed by atoms with Crippen molar-refractivity contribution in [3.8, 4) is 5.75 Å². The zero-order chi connectivity index (χ0) is 11.7. The third-order valence-corrected chi connectivity index (χ3v) is 3.89. The predicted octanol–water partition coefficient (Wildman–Crippen LogP) is 2.10. The normalized spacial score (nSPS) is 24.4. The van der Waals surface area contributed by atoms with Gasteiger partial charge in [-0.15, -0.1) is 0 Å². The molecular weight excluding hydrogens is 212 g/mol. The molecule has 1 atom stereocenters. The fourth-order valence-corrected chi connectivity index (χ4v) is 2.96. The number of hydrogen-bond acceptors (Lipinski definition) is 3. The minimum Gasteiger partial charge on any atom is -0.492 e. The molecule has 2 aliphatic rings. The standard InChI is InChI=1S/C14H20N2O/c15-13-6-3-7-14-12(13)8-11(9-17-14)16-10-4-1-2-5-10/h3,6-7,10-11,16H,1-2,4-5,8-9,15H2. The van der Waals surface area contributed by atoms with Crippen LogP contribution >= 0.6 is 0 Å². The highest BCUT2D eigenvalue weighted by molar-refractivity contribution is 5.55. The van der Waals surface area contributed by atoms with Crippen LogP contribution in [0.1, 0.15) is 31.2 Å². The second-order valence-electron chi connectivity index (χ2n) is 5.18. The number of nitrogens with one attached hydrogen (secondary N) is 1. The first-order valence-electron chi connectivity index (χ1n) is 6.59. The van der Waals surface area contributed by atoms with Crippen LogP contribution in [0.3, 0.4) is 0 Å². The Morgan fingerprint density at radius 3 is 2.82 bits per heavy atom. The monoisotopic (exact) mass is 232 g/mol. The first-order valence-corrected chi connectivity index (χ1v) is 6.59. The van der Waals surface area contributed by atoms with Gasteiger partial charge in [-0.05, 0) is 31.4 Å². The van der Waals surface area contributed by atoms with Crippen molar-refractivity contribution in [2.24, 2.45) is 0 Å². The van der Waals surface area contributed by atoms with E-state index in [2.05, 4.69) is 5.32 Å². The maximum atomic E-state index is 6.00. The Balaban J connectivity index is 1.69. The van der Waals surface area contributed by atoms with Gasteiger partial charge in [0, 0.05) is 23.3 Å². The van der Waals surface area contributed by atoms with Gasteiger partial charge in [0.25, 0.3) is 0 Å². The average molecular weight is 232 g/mol. The molecule has 0 radical (unpaired) electrons. The smallest absolute Gasteiger partial charge is 0.124 e. The fraction of sp³-hybridized carbons (Fsp3) is 0.571. The highest BCUT2D eigenvalue weighted by Crippen LogP contribution is 2.30. The van der Waals surface area contributed by atoms with E-state index in [-0.39, 0.29) is 0 Å². The van der Waals surface area contributed by atoms with Crippen molar-refractivity contribution in [2.45, 2.75) is 44.2 Å². The summed E-state index contributed by atoms with van der Waals surface area (Å²) in [6, 6.07) is 7.04. The highest BCUT2D eigenvalue weighted by Gasteiger charge is 2.25. The zero-order valence-corrected chi connectivity index (χ0v) is 10.1. The number of ether oxygens (including phenoxy) is 1. The lowest BCUT2D eigenvalue weighted by Crippen LogP contribution is -2.44. The van der Waals surface area contributed by atoms with Gasteiger partial charge < -0.3 is 15.8 Å². The molecule has 1 unspecified atom stereocenters. The van der Waals surface area contributed by atoms with Crippen molar-refractivity contribution < 1.29 is 4.74 Å². The van der Waals surface area contributed by atoms with Crippen LogP contribution in [0.15, 0.2) is 18.2 Å². The lowest BCUT2D eigenvalue weighted by molar-refractivity contribution is 0.227. The summed E-state index contributed by atoms with van der Waals surface area (Å²) in [5.74, 6) is 0.967. The lowest BCUT2D eigenvalue weighted by Gasteiger charge is -2.29. The van der Waals surface area contributed by atoms with Gasteiger partial charge in [-0.3, -0.25) is 0 Å². The Kier molecular flexibility index (Phi) is 2.93. The molecule has 0 spiro atoms. The molecule has 0 bridgehead atoms. The summed E-state index contributed by atoms with van der Waals surface area (Å²) in [7, 11) is 0. The maximum Gasteiger partial charge on any atom is 0.124 e. The molecule has 3 nitrogen and oxygen atoms in total. The van der Waals surface area contributed by atoms with Crippen molar-refractivity contribution in [1.29, 1.82) is 0 Å². The lowest BCUT2D eigenvalue weighted by atomic mass is 10.00. The Hall–Kier alpha value is -1.22. The molecule has 3 rings (SSSR count). The van der Waals surface area contributed by atoms with Crippen molar-refractivity contribution in [3.05, 3.63) is 23.8 Å². The minimum atomic E-state index is 0.426. The molecule has 0 aromatic heterocycles. The van der Waals surface area contributed by atoms with Crippen LogP contribution in [0.2, 0.25) is 0 Å². The fourth-order valence-electron chi connectivity index (χ4n) is 2.96. The van der Waals surface area contributed by atoms with E-state index in [1.54, 1.807) is 0 Å². The van der Waals surface area contributed by atoms with Crippen LogP contribution < -0.4 is 15.8 Å². The molecule has 17 heavy (non-hydrogen) atoms. The van der Waals surface area contributed by atoms with Crippen LogP contribution in [0, 0.1) is 0 Å². The van der Waals surface area contributed by atoms with E-state index in [1.807, 2.05) is 18.2 Å². The van der Waals surface area contributed by atoms with Crippen LogP contribution in [0.5, 0.6) is 5.75 Å². The number of nitrogens with two attached hydrogens (primary N) is 1. The SMILES string of the molecule is Nc1cccc2c1CC(NC1CCCC1)CO2. The first kappa shape index (κ1) is 10.9. The summed E-state index contributed by atoms with van der Waals surface area (Å²) in [6.07, 6.45) is 6.35. The van der Waals surface area contributed by atoms with Crippen molar-refractivity contribution >= 4 is 5.69 Å². The van der Waals surface area contributed by atoms with Gasteiger partial charge in [-0.1, -0.05) is 18.9 Å². The molecule has 1 heterocycles. The number of benzene rings is 1. The van der Waals surface area contributed by atoms with Gasteiger partial charge in [0.15, 0.2) is 0 Å². The van der Waals surface area contributed by atoms with Crippen LogP contribution in [-0.4, -0.2) is 18.7 Å². The van der Waals surface area contributed by atoms with E-state index >= 15 is 0 Å². The third kappa shape index (κ3) is 2.25. The quantitative estimate of drug-likeness (QED) is 0.768. The largest absolute Gasteiger partial charge is 0.492 e. The van der Waals surface area contributed by atoms with Gasteiger partial charge in [-0.2, -0.15) is 0 Å². The summed E-state index contributed by atoms with van der Waals surface area (Å²) in [5, 5.41) is 3.71. The summed E-state index contributed by atoms with van der Waals surface area (Å²) in [6.45, 7) is 0.771. The summed E-state index contributed by atoms with van der Waals surface area (Å²) in [5.41, 5.74) is 8.04. The molecule has 3 N–H and O–H groups in total. The number of fused-ring (bicyclic) bond motifs is 1. The molecule has 3 heteroatoms. The van der Waals surface area contributed by atoms with Gasteiger partial charge in [0.2, 0.25) is 0 Å². The maximum absolute atomic E-state index is 6.00. The van der Waals surface area contributed by atoms with E-state index in [0.29, 0.717) is 12.1 Å². The first-order chi connectivity index (χ1) is 8.33. The molecule has 92 valence electrons. The van der Waals surface area contributed by atoms with Crippen molar-refractivity contribution in [3.63, 3.8) is 0 Å². The molecule has 1 aromatic carbocycles. The van der Waals surface area contributed by atoms with Crippen LogP contribution in [0.25, 0.3) is 0 Å². The Labute approximate surface area is 102 Å². The number of anilines is 1. The molecular formula is C14H20N2O. The summed E-state index contributed by atoms with van der Waals surface area (Å²) >= 11 is 0.